The van der Waals surface area contributed by atoms with Crippen molar-refractivity contribution in [2.75, 3.05) is 18.4 Å². The van der Waals surface area contributed by atoms with Crippen LogP contribution in [0.2, 0.25) is 0 Å². The van der Waals surface area contributed by atoms with Gasteiger partial charge in [0.05, 0.1) is 5.36 Å². The summed E-state index contributed by atoms with van der Waals surface area (Å²) in [5, 5.41) is 6.27. The average molecular weight is 302 g/mol. The van der Waals surface area contributed by atoms with E-state index in [0.29, 0.717) is 0 Å². The molecule has 23 heavy (non-hydrogen) atoms. The van der Waals surface area contributed by atoms with E-state index in [1.165, 1.54) is 75.3 Å². The second kappa shape index (κ2) is 4.95. The maximum absolute atomic E-state index is 4.80. The predicted molar refractivity (Wildman–Crippen MR) is 94.8 cm³/mol. The summed E-state index contributed by atoms with van der Waals surface area (Å²) >= 11 is 0. The lowest BCUT2D eigenvalue weighted by Gasteiger charge is -2.24. The van der Waals surface area contributed by atoms with Gasteiger partial charge in [-0.25, -0.2) is 0 Å². The first-order chi connectivity index (χ1) is 11.3. The van der Waals surface area contributed by atoms with Crippen LogP contribution in [-0.4, -0.2) is 13.1 Å². The van der Waals surface area contributed by atoms with Crippen LogP contribution in [0.15, 0.2) is 23.2 Å². The minimum Gasteiger partial charge on any atom is -0.385 e. The number of nitrogens with one attached hydrogen (secondary N) is 1. The molecule has 1 N–H and O–H groups in total. The molecule has 2 aliphatic heterocycles. The zero-order valence-electron chi connectivity index (χ0n) is 13.7. The Morgan fingerprint density at radius 2 is 1.91 bits per heavy atom. The van der Waals surface area contributed by atoms with Gasteiger partial charge in [0, 0.05) is 18.8 Å². The van der Waals surface area contributed by atoms with Crippen molar-refractivity contribution in [3.05, 3.63) is 62.2 Å². The Bertz CT molecular complexity index is 938. The minimum absolute atomic E-state index is 0.990. The summed E-state index contributed by atoms with van der Waals surface area (Å²) in [5.41, 5.74) is 10.1. The van der Waals surface area contributed by atoms with E-state index in [0.717, 1.165) is 19.5 Å². The molecule has 5 rings (SSSR count). The molecule has 2 heterocycles. The van der Waals surface area contributed by atoms with Gasteiger partial charge in [0.2, 0.25) is 0 Å². The summed E-state index contributed by atoms with van der Waals surface area (Å²) in [5.74, 6) is 0. The molecule has 0 unspecified atom stereocenters. The highest BCUT2D eigenvalue weighted by Gasteiger charge is 2.18. The van der Waals surface area contributed by atoms with E-state index in [1.54, 1.807) is 0 Å². The van der Waals surface area contributed by atoms with Crippen LogP contribution in [0.25, 0.3) is 6.08 Å². The largest absolute Gasteiger partial charge is 0.385 e. The van der Waals surface area contributed by atoms with Crippen molar-refractivity contribution in [2.45, 2.75) is 39.0 Å². The summed E-state index contributed by atoms with van der Waals surface area (Å²) < 4.78 is 0. The Hall–Kier alpha value is -2.09. The van der Waals surface area contributed by atoms with Crippen molar-refractivity contribution in [3.63, 3.8) is 0 Å². The van der Waals surface area contributed by atoms with Crippen molar-refractivity contribution in [2.24, 2.45) is 4.99 Å². The first kappa shape index (κ1) is 13.4. The molecule has 3 aliphatic rings. The molecule has 2 nitrogen and oxygen atoms in total. The summed E-state index contributed by atoms with van der Waals surface area (Å²) in [4.78, 5) is 4.80. The van der Waals surface area contributed by atoms with Gasteiger partial charge in [0.15, 0.2) is 0 Å². The van der Waals surface area contributed by atoms with Gasteiger partial charge in [-0.2, -0.15) is 0 Å². The number of fused-ring (bicyclic) bond motifs is 4. The second-order valence-corrected chi connectivity index (χ2v) is 7.12. The third-order valence-electron chi connectivity index (χ3n) is 5.65. The normalized spacial score (nSPS) is 17.6. The standard InChI is InChI=1S/C21H22N2/c1-13-19-11-17-12-20-14(4-2-6-22-20)8-16(17)10-18(19)9-15-5-3-7-23-21(13)15/h8-10,12,22H,2-7,11H2,1H3. The summed E-state index contributed by atoms with van der Waals surface area (Å²) in [6.45, 7) is 4.36. The van der Waals surface area contributed by atoms with E-state index in [9.17, 15) is 0 Å². The zero-order chi connectivity index (χ0) is 15.4. The molecule has 0 aromatic heterocycles. The van der Waals surface area contributed by atoms with Gasteiger partial charge in [-0.05, 0) is 102 Å². The summed E-state index contributed by atoms with van der Waals surface area (Å²) in [7, 11) is 0. The Kier molecular flexibility index (Phi) is 2.88. The molecule has 0 saturated heterocycles. The number of rotatable bonds is 0. The number of benzene rings is 2. The van der Waals surface area contributed by atoms with E-state index in [-0.39, 0.29) is 0 Å². The molecule has 2 aromatic carbocycles. The van der Waals surface area contributed by atoms with Crippen LogP contribution in [0, 0.1) is 6.92 Å². The second-order valence-electron chi connectivity index (χ2n) is 7.12. The molecule has 0 amide bonds. The summed E-state index contributed by atoms with van der Waals surface area (Å²) in [6.07, 6.45) is 8.29. The Labute approximate surface area is 137 Å². The SMILES string of the molecule is Cc1c2c(cc3c1=NCCC3)=Cc1cc3c(cc1C2)NCCC3. The lowest BCUT2D eigenvalue weighted by molar-refractivity contribution is 0.760. The fraction of sp³-hybridized carbons (Fsp3) is 0.381. The van der Waals surface area contributed by atoms with Crippen LogP contribution in [-0.2, 0) is 19.3 Å². The highest BCUT2D eigenvalue weighted by Crippen LogP contribution is 2.29. The van der Waals surface area contributed by atoms with Crippen LogP contribution in [0.3, 0.4) is 0 Å². The molecular formula is C21H22N2. The van der Waals surface area contributed by atoms with Crippen LogP contribution < -0.4 is 15.9 Å². The number of anilines is 1. The Morgan fingerprint density at radius 1 is 1.00 bits per heavy atom. The lowest BCUT2D eigenvalue weighted by Crippen LogP contribution is -2.29. The number of nitrogens with zero attached hydrogens (tertiary/aromatic N) is 1. The van der Waals surface area contributed by atoms with E-state index < -0.39 is 0 Å². The van der Waals surface area contributed by atoms with Crippen molar-refractivity contribution in [3.8, 4) is 0 Å². The third kappa shape index (κ3) is 2.04. The van der Waals surface area contributed by atoms with Crippen LogP contribution in [0.1, 0.15) is 46.2 Å². The van der Waals surface area contributed by atoms with Crippen molar-refractivity contribution in [1.29, 1.82) is 0 Å². The van der Waals surface area contributed by atoms with E-state index in [1.807, 2.05) is 0 Å². The molecule has 2 heteroatoms. The quantitative estimate of drug-likeness (QED) is 0.678. The maximum atomic E-state index is 4.80. The van der Waals surface area contributed by atoms with E-state index in [4.69, 9.17) is 4.99 Å². The molecule has 0 bridgehead atoms. The third-order valence-corrected chi connectivity index (χ3v) is 5.65. The zero-order valence-corrected chi connectivity index (χ0v) is 13.7. The fourth-order valence-corrected chi connectivity index (χ4v) is 4.41. The van der Waals surface area contributed by atoms with E-state index >= 15 is 0 Å². The van der Waals surface area contributed by atoms with Gasteiger partial charge in [0.25, 0.3) is 0 Å². The maximum Gasteiger partial charge on any atom is 0.0638 e. The monoisotopic (exact) mass is 302 g/mol. The van der Waals surface area contributed by atoms with Crippen molar-refractivity contribution in [1.82, 2.24) is 0 Å². The molecule has 0 spiro atoms. The highest BCUT2D eigenvalue weighted by molar-refractivity contribution is 5.68. The van der Waals surface area contributed by atoms with Gasteiger partial charge in [-0.15, -0.1) is 0 Å². The topological polar surface area (TPSA) is 24.4 Å². The molecule has 0 fully saturated rings. The average Bonchev–Trinajstić information content (AvgIpc) is 2.59. The number of hydrogen-bond acceptors (Lipinski definition) is 2. The van der Waals surface area contributed by atoms with Gasteiger partial charge in [-0.1, -0.05) is 0 Å². The number of hydrogen-bond donors (Lipinski definition) is 1. The van der Waals surface area contributed by atoms with Gasteiger partial charge >= 0.3 is 0 Å². The van der Waals surface area contributed by atoms with Gasteiger partial charge in [0.1, 0.15) is 0 Å². The Morgan fingerprint density at radius 3 is 2.87 bits per heavy atom. The Balaban J connectivity index is 1.75. The first-order valence-corrected chi connectivity index (χ1v) is 8.87. The first-order valence-electron chi connectivity index (χ1n) is 8.87. The highest BCUT2D eigenvalue weighted by atomic mass is 14.9. The van der Waals surface area contributed by atoms with Gasteiger partial charge in [-0.3, -0.25) is 4.99 Å². The van der Waals surface area contributed by atoms with Crippen LogP contribution >= 0.6 is 0 Å². The smallest absolute Gasteiger partial charge is 0.0638 e. The van der Waals surface area contributed by atoms with Crippen molar-refractivity contribution >= 4 is 11.8 Å². The molecule has 0 saturated carbocycles. The molecule has 1 aliphatic carbocycles. The lowest BCUT2D eigenvalue weighted by atomic mass is 9.85. The van der Waals surface area contributed by atoms with Gasteiger partial charge < -0.3 is 5.32 Å². The molecule has 0 radical (unpaired) electrons. The fourth-order valence-electron chi connectivity index (χ4n) is 4.41. The molecule has 2 aromatic rings. The van der Waals surface area contributed by atoms with Crippen LogP contribution in [0.5, 0.6) is 0 Å². The molecular weight excluding hydrogens is 280 g/mol. The molecule has 116 valence electrons. The number of aryl methyl sites for hydroxylation is 2. The minimum atomic E-state index is 0.990. The van der Waals surface area contributed by atoms with E-state index in [2.05, 4.69) is 36.5 Å². The molecule has 0 atom stereocenters. The van der Waals surface area contributed by atoms with Crippen LogP contribution in [0.4, 0.5) is 5.69 Å². The predicted octanol–water partition coefficient (Wildman–Crippen LogP) is 2.65. The summed E-state index contributed by atoms with van der Waals surface area (Å²) in [6, 6.07) is 7.21. The van der Waals surface area contributed by atoms with Crippen molar-refractivity contribution < 1.29 is 0 Å².